The third kappa shape index (κ3) is 2.84. The smallest absolute Gasteiger partial charge is 0.292 e. The number of benzene rings is 1. The van der Waals surface area contributed by atoms with Crippen LogP contribution >= 0.6 is 34.8 Å². The zero-order chi connectivity index (χ0) is 14.0. The molecule has 0 saturated carbocycles. The van der Waals surface area contributed by atoms with Crippen LogP contribution in [-0.4, -0.2) is 16.8 Å². The lowest BCUT2D eigenvalue weighted by Gasteiger charge is -2.10. The van der Waals surface area contributed by atoms with Gasteiger partial charge >= 0.3 is 0 Å². The molecule has 0 fully saturated rings. The topological polar surface area (TPSA) is 59.0 Å². The zero-order valence-electron chi connectivity index (χ0n) is 9.75. The lowest BCUT2D eigenvalue weighted by atomic mass is 10.3. The van der Waals surface area contributed by atoms with Gasteiger partial charge in [-0.1, -0.05) is 34.8 Å². The Kier molecular flexibility index (Phi) is 4.31. The Hall–Kier alpha value is -1.27. The molecule has 0 bridgehead atoms. The van der Waals surface area contributed by atoms with E-state index in [0.29, 0.717) is 21.4 Å². The Bertz CT molecular complexity index is 671. The van der Waals surface area contributed by atoms with Crippen molar-refractivity contribution in [2.24, 2.45) is 0 Å². The summed E-state index contributed by atoms with van der Waals surface area (Å²) in [6.07, 6.45) is 1.42. The molecule has 1 aromatic heterocycles. The van der Waals surface area contributed by atoms with Crippen LogP contribution in [0.15, 0.2) is 29.2 Å². The molecule has 8 heteroatoms. The standard InChI is InChI=1S/C11H9Cl3N4O/c1-15-17-8-5-16-18(11(19)10(8)14)9-3-2-6(12)4-7(9)13/h2-5,15,17H,1H3. The molecule has 2 aromatic rings. The summed E-state index contributed by atoms with van der Waals surface area (Å²) in [5.41, 5.74) is 5.69. The Morgan fingerprint density at radius 2 is 2.00 bits per heavy atom. The number of rotatable bonds is 3. The number of nitrogens with zero attached hydrogens (tertiary/aromatic N) is 2. The Morgan fingerprint density at radius 1 is 1.26 bits per heavy atom. The van der Waals surface area contributed by atoms with Crippen LogP contribution in [0.2, 0.25) is 15.1 Å². The highest BCUT2D eigenvalue weighted by Gasteiger charge is 2.12. The number of hydrogen-bond donors (Lipinski definition) is 2. The molecule has 2 N–H and O–H groups in total. The van der Waals surface area contributed by atoms with Gasteiger partial charge in [-0.15, -0.1) is 0 Å². The molecule has 1 aromatic carbocycles. The molecule has 5 nitrogen and oxygen atoms in total. The van der Waals surface area contributed by atoms with Crippen LogP contribution in [-0.2, 0) is 0 Å². The molecule has 100 valence electrons. The molecular formula is C11H9Cl3N4O. The van der Waals surface area contributed by atoms with Crippen molar-refractivity contribution in [2.75, 3.05) is 12.5 Å². The molecule has 0 atom stereocenters. The second kappa shape index (κ2) is 5.79. The quantitative estimate of drug-likeness (QED) is 0.854. The van der Waals surface area contributed by atoms with Crippen LogP contribution in [0.25, 0.3) is 5.69 Å². The average molecular weight is 320 g/mol. The number of aromatic nitrogens is 2. The van der Waals surface area contributed by atoms with Crippen LogP contribution in [0.5, 0.6) is 0 Å². The maximum atomic E-state index is 12.1. The summed E-state index contributed by atoms with van der Waals surface area (Å²) in [7, 11) is 1.65. The normalized spacial score (nSPS) is 10.5. The third-order valence-corrected chi connectivity index (χ3v) is 3.22. The van der Waals surface area contributed by atoms with Gasteiger partial charge in [0, 0.05) is 12.1 Å². The Balaban J connectivity index is 2.58. The van der Waals surface area contributed by atoms with Crippen molar-refractivity contribution >= 4 is 40.5 Å². The molecule has 1 heterocycles. The lowest BCUT2D eigenvalue weighted by molar-refractivity contribution is 0.804. The van der Waals surface area contributed by atoms with Crippen LogP contribution in [0, 0.1) is 0 Å². The SMILES string of the molecule is CNNc1cnn(-c2ccc(Cl)cc2Cl)c(=O)c1Cl. The summed E-state index contributed by atoms with van der Waals surface area (Å²) in [6.45, 7) is 0. The predicted molar refractivity (Wildman–Crippen MR) is 77.5 cm³/mol. The highest BCUT2D eigenvalue weighted by molar-refractivity contribution is 6.36. The molecule has 0 saturated heterocycles. The van der Waals surface area contributed by atoms with Crippen LogP contribution < -0.4 is 16.4 Å². The van der Waals surface area contributed by atoms with Crippen molar-refractivity contribution in [3.05, 3.63) is 49.8 Å². The van der Waals surface area contributed by atoms with Crippen molar-refractivity contribution in [2.45, 2.75) is 0 Å². The first kappa shape index (κ1) is 14.1. The van der Waals surface area contributed by atoms with Crippen molar-refractivity contribution < 1.29 is 0 Å². The first-order valence-corrected chi connectivity index (χ1v) is 6.34. The van der Waals surface area contributed by atoms with Gasteiger partial charge in [-0.2, -0.15) is 9.78 Å². The Labute approximate surface area is 124 Å². The van der Waals surface area contributed by atoms with E-state index in [-0.39, 0.29) is 5.02 Å². The molecule has 0 spiro atoms. The molecule has 19 heavy (non-hydrogen) atoms. The summed E-state index contributed by atoms with van der Waals surface area (Å²) < 4.78 is 1.11. The average Bonchev–Trinajstić information content (AvgIpc) is 2.37. The van der Waals surface area contributed by atoms with Crippen molar-refractivity contribution in [1.29, 1.82) is 0 Å². The van der Waals surface area contributed by atoms with Gasteiger partial charge in [0.05, 0.1) is 22.6 Å². The fraction of sp³-hybridized carbons (Fsp3) is 0.0909. The minimum Gasteiger partial charge on any atom is -0.319 e. The van der Waals surface area contributed by atoms with E-state index in [1.807, 2.05) is 0 Å². The van der Waals surface area contributed by atoms with Gasteiger partial charge in [0.1, 0.15) is 5.02 Å². The summed E-state index contributed by atoms with van der Waals surface area (Å²) in [4.78, 5) is 12.1. The predicted octanol–water partition coefficient (Wildman–Crippen LogP) is 2.74. The fourth-order valence-electron chi connectivity index (χ4n) is 1.48. The van der Waals surface area contributed by atoms with Crippen molar-refractivity contribution in [1.82, 2.24) is 15.2 Å². The molecule has 0 aliphatic heterocycles. The van der Waals surface area contributed by atoms with Crippen LogP contribution in [0.1, 0.15) is 0 Å². The molecule has 0 aliphatic carbocycles. The molecule has 2 rings (SSSR count). The molecule has 0 radical (unpaired) electrons. The van der Waals surface area contributed by atoms with Gasteiger partial charge in [0.2, 0.25) is 0 Å². The maximum Gasteiger partial charge on any atom is 0.292 e. The summed E-state index contributed by atoms with van der Waals surface area (Å²) in [5, 5.41) is 4.80. The monoisotopic (exact) mass is 318 g/mol. The van der Waals surface area contributed by atoms with E-state index in [1.165, 1.54) is 12.3 Å². The van der Waals surface area contributed by atoms with E-state index in [0.717, 1.165) is 4.68 Å². The highest BCUT2D eigenvalue weighted by Crippen LogP contribution is 2.24. The minimum absolute atomic E-state index is 0.00960. The number of hydrogen-bond acceptors (Lipinski definition) is 4. The van der Waals surface area contributed by atoms with Gasteiger partial charge < -0.3 is 5.43 Å². The van der Waals surface area contributed by atoms with Crippen LogP contribution in [0.3, 0.4) is 0 Å². The van der Waals surface area contributed by atoms with E-state index in [1.54, 1.807) is 19.2 Å². The van der Waals surface area contributed by atoms with E-state index in [9.17, 15) is 4.79 Å². The number of halogens is 3. The highest BCUT2D eigenvalue weighted by atomic mass is 35.5. The first-order chi connectivity index (χ1) is 9.04. The second-order valence-corrected chi connectivity index (χ2v) is 4.78. The lowest BCUT2D eigenvalue weighted by Crippen LogP contribution is -2.25. The van der Waals surface area contributed by atoms with Gasteiger partial charge in [-0.25, -0.2) is 5.43 Å². The van der Waals surface area contributed by atoms with Crippen molar-refractivity contribution in [3.63, 3.8) is 0 Å². The van der Waals surface area contributed by atoms with Crippen LogP contribution in [0.4, 0.5) is 5.69 Å². The number of anilines is 1. The Morgan fingerprint density at radius 3 is 2.63 bits per heavy atom. The summed E-state index contributed by atoms with van der Waals surface area (Å²) in [5.74, 6) is 0. The fourth-order valence-corrected chi connectivity index (χ4v) is 2.14. The summed E-state index contributed by atoms with van der Waals surface area (Å²) >= 11 is 17.8. The molecule has 0 amide bonds. The number of hydrazine groups is 1. The van der Waals surface area contributed by atoms with E-state index in [2.05, 4.69) is 16.0 Å². The largest absolute Gasteiger partial charge is 0.319 e. The third-order valence-electron chi connectivity index (χ3n) is 2.32. The zero-order valence-corrected chi connectivity index (χ0v) is 12.0. The van der Waals surface area contributed by atoms with Gasteiger partial charge in [0.15, 0.2) is 0 Å². The summed E-state index contributed by atoms with van der Waals surface area (Å²) in [6, 6.07) is 4.74. The van der Waals surface area contributed by atoms with Gasteiger partial charge in [-0.05, 0) is 18.2 Å². The van der Waals surface area contributed by atoms with Crippen molar-refractivity contribution in [3.8, 4) is 5.69 Å². The molecular weight excluding hydrogens is 311 g/mol. The minimum atomic E-state index is -0.480. The molecule has 0 aliphatic rings. The number of nitrogens with one attached hydrogen (secondary N) is 2. The van der Waals surface area contributed by atoms with E-state index in [4.69, 9.17) is 34.8 Å². The molecule has 0 unspecified atom stereocenters. The van der Waals surface area contributed by atoms with Gasteiger partial charge in [0.25, 0.3) is 5.56 Å². The van der Waals surface area contributed by atoms with Gasteiger partial charge in [-0.3, -0.25) is 4.79 Å². The van der Waals surface area contributed by atoms with E-state index >= 15 is 0 Å². The van der Waals surface area contributed by atoms with E-state index < -0.39 is 5.56 Å². The maximum absolute atomic E-state index is 12.1. The first-order valence-electron chi connectivity index (χ1n) is 5.20. The second-order valence-electron chi connectivity index (χ2n) is 3.56.